The summed E-state index contributed by atoms with van der Waals surface area (Å²) in [6.07, 6.45) is 74.3. The van der Waals surface area contributed by atoms with Gasteiger partial charge in [-0.05, 0) is 102 Å². The second kappa shape index (κ2) is 53.2. The maximum Gasteiger partial charge on any atom is 0.306 e. The number of unbranched alkanes of at least 4 members (excludes halogenated alkanes) is 17. The SMILES string of the molecule is CC/C=C\C/C=C\C/C=C\C/C=C\C/C=C\C/C=C\C(CC(=O)NC(CO)C(O)CCCCCCCCCCCCCC)OC(=O)CCCCC/C=C\C/C=C\C/C=C\C/C=C\CCCCC. The van der Waals surface area contributed by atoms with Crippen molar-refractivity contribution in [2.24, 2.45) is 0 Å². The maximum atomic E-state index is 13.2. The van der Waals surface area contributed by atoms with Gasteiger partial charge in [0.2, 0.25) is 5.91 Å². The van der Waals surface area contributed by atoms with Crippen LogP contribution in [0.2, 0.25) is 0 Å². The Kier molecular flexibility index (Phi) is 50.2. The number of ether oxygens (including phenoxy) is 1. The molecule has 1 amide bonds. The van der Waals surface area contributed by atoms with Gasteiger partial charge in [-0.2, -0.15) is 0 Å². The molecule has 0 heterocycles. The maximum absolute atomic E-state index is 13.2. The molecule has 3 unspecified atom stereocenters. The predicted octanol–water partition coefficient (Wildman–Crippen LogP) is 16.8. The average molecular weight is 928 g/mol. The van der Waals surface area contributed by atoms with E-state index in [2.05, 4.69) is 135 Å². The molecule has 67 heavy (non-hydrogen) atoms. The van der Waals surface area contributed by atoms with E-state index in [0.717, 1.165) is 96.3 Å². The fraction of sp³-hybridized carbons (Fsp3) is 0.639. The second-order valence-electron chi connectivity index (χ2n) is 17.9. The number of carbonyl (C=O) groups is 2. The first-order chi connectivity index (χ1) is 33.0. The summed E-state index contributed by atoms with van der Waals surface area (Å²) < 4.78 is 5.82. The first-order valence-corrected chi connectivity index (χ1v) is 27.3. The van der Waals surface area contributed by atoms with Gasteiger partial charge in [0.05, 0.1) is 25.2 Å². The number of aliphatic hydroxyl groups is 2. The van der Waals surface area contributed by atoms with Gasteiger partial charge in [0.15, 0.2) is 0 Å². The van der Waals surface area contributed by atoms with Gasteiger partial charge in [0.25, 0.3) is 0 Å². The number of carbonyl (C=O) groups excluding carboxylic acids is 2. The lowest BCUT2D eigenvalue weighted by atomic mass is 10.0. The van der Waals surface area contributed by atoms with Crippen molar-refractivity contribution in [1.29, 1.82) is 0 Å². The molecule has 0 aromatic rings. The van der Waals surface area contributed by atoms with E-state index in [0.29, 0.717) is 19.3 Å². The molecule has 6 heteroatoms. The van der Waals surface area contributed by atoms with Crippen molar-refractivity contribution in [3.05, 3.63) is 122 Å². The summed E-state index contributed by atoms with van der Waals surface area (Å²) in [6, 6.07) is -0.758. The fourth-order valence-corrected chi connectivity index (χ4v) is 7.41. The zero-order valence-corrected chi connectivity index (χ0v) is 43.2. The lowest BCUT2D eigenvalue weighted by Crippen LogP contribution is -2.46. The molecule has 0 rings (SSSR count). The molecular formula is C61H101NO5. The summed E-state index contributed by atoms with van der Waals surface area (Å²) >= 11 is 0. The summed E-state index contributed by atoms with van der Waals surface area (Å²) in [5, 5.41) is 23.7. The Labute approximate surface area is 412 Å². The van der Waals surface area contributed by atoms with E-state index in [1.54, 1.807) is 6.08 Å². The first-order valence-electron chi connectivity index (χ1n) is 27.3. The monoisotopic (exact) mass is 928 g/mol. The van der Waals surface area contributed by atoms with Crippen LogP contribution in [0.3, 0.4) is 0 Å². The zero-order valence-electron chi connectivity index (χ0n) is 43.2. The molecule has 0 aliphatic heterocycles. The Morgan fingerprint density at radius 1 is 0.463 bits per heavy atom. The van der Waals surface area contributed by atoms with Crippen LogP contribution in [-0.2, 0) is 14.3 Å². The Bertz CT molecular complexity index is 1410. The number of nitrogens with one attached hydrogen (secondary N) is 1. The number of allylic oxidation sites excluding steroid dienone is 19. The van der Waals surface area contributed by atoms with E-state index in [-0.39, 0.29) is 24.9 Å². The highest BCUT2D eigenvalue weighted by atomic mass is 16.5. The molecule has 6 nitrogen and oxygen atoms in total. The van der Waals surface area contributed by atoms with Gasteiger partial charge in [-0.15, -0.1) is 0 Å². The van der Waals surface area contributed by atoms with Gasteiger partial charge in [0, 0.05) is 6.42 Å². The molecule has 0 spiro atoms. The van der Waals surface area contributed by atoms with Crippen LogP contribution in [0.4, 0.5) is 0 Å². The minimum atomic E-state index is -0.833. The second-order valence-corrected chi connectivity index (χ2v) is 17.9. The van der Waals surface area contributed by atoms with Crippen LogP contribution >= 0.6 is 0 Å². The van der Waals surface area contributed by atoms with Crippen molar-refractivity contribution in [2.75, 3.05) is 6.61 Å². The first kappa shape index (κ1) is 63.3. The Hall–Kier alpha value is -3.74. The third-order valence-corrected chi connectivity index (χ3v) is 11.5. The van der Waals surface area contributed by atoms with Crippen molar-refractivity contribution in [3.8, 4) is 0 Å². The normalized spacial score (nSPS) is 14.2. The van der Waals surface area contributed by atoms with Gasteiger partial charge in [-0.1, -0.05) is 233 Å². The molecule has 0 aliphatic rings. The molecule has 0 aromatic carbocycles. The average Bonchev–Trinajstić information content (AvgIpc) is 3.32. The molecule has 3 N–H and O–H groups in total. The van der Waals surface area contributed by atoms with Crippen molar-refractivity contribution in [3.63, 3.8) is 0 Å². The van der Waals surface area contributed by atoms with Gasteiger partial charge >= 0.3 is 5.97 Å². The summed E-state index contributed by atoms with van der Waals surface area (Å²) in [5.41, 5.74) is 0. The highest BCUT2D eigenvalue weighted by Gasteiger charge is 2.23. The molecule has 0 radical (unpaired) electrons. The summed E-state index contributed by atoms with van der Waals surface area (Å²) in [5.74, 6) is -0.676. The van der Waals surface area contributed by atoms with Crippen LogP contribution in [0.5, 0.6) is 0 Å². The van der Waals surface area contributed by atoms with E-state index in [1.165, 1.54) is 83.5 Å². The van der Waals surface area contributed by atoms with E-state index in [4.69, 9.17) is 4.74 Å². The van der Waals surface area contributed by atoms with E-state index >= 15 is 0 Å². The Morgan fingerprint density at radius 3 is 1.28 bits per heavy atom. The topological polar surface area (TPSA) is 95.9 Å². The lowest BCUT2D eigenvalue weighted by molar-refractivity contribution is -0.148. The Balaban J connectivity index is 4.83. The number of hydrogen-bond acceptors (Lipinski definition) is 5. The number of amides is 1. The van der Waals surface area contributed by atoms with Crippen LogP contribution in [0.1, 0.15) is 226 Å². The molecule has 0 saturated heterocycles. The standard InChI is InChI=1S/C61H101NO5/c1-4-7-10-13-16-19-22-25-27-29-30-32-34-36-39-42-45-48-51-54-61(66)67-57(52-49-46-43-40-37-35-33-31-28-26-23-20-17-14-11-8-5-2)55-60(65)62-58(56-63)59(64)53-50-47-44-41-38-24-21-18-15-12-9-6-3/h8,11,16-17,19-20,25-28,30,32-33,35-36,39-40,43,49,52,57-59,63-64H,4-7,9-10,12-15,18,21-24,29,31,34,37-38,41-42,44-48,50-51,53-56H2,1-3H3,(H,62,65)/b11-8-,19-16-,20-17-,27-25-,28-26-,32-30-,35-33-,39-36-,43-40-,52-49-. The van der Waals surface area contributed by atoms with Gasteiger partial charge in [0.1, 0.15) is 6.10 Å². The summed E-state index contributed by atoms with van der Waals surface area (Å²) in [4.78, 5) is 26.2. The number of esters is 1. The van der Waals surface area contributed by atoms with E-state index in [1.807, 2.05) is 6.08 Å². The predicted molar refractivity (Wildman–Crippen MR) is 291 cm³/mol. The van der Waals surface area contributed by atoms with Crippen LogP contribution in [0, 0.1) is 0 Å². The minimum Gasteiger partial charge on any atom is -0.458 e. The van der Waals surface area contributed by atoms with Crippen LogP contribution in [0.25, 0.3) is 0 Å². The third kappa shape index (κ3) is 48.5. The molecule has 0 aliphatic carbocycles. The van der Waals surface area contributed by atoms with E-state index < -0.39 is 18.2 Å². The third-order valence-electron chi connectivity index (χ3n) is 11.5. The van der Waals surface area contributed by atoms with Gasteiger partial charge in [-0.3, -0.25) is 9.59 Å². The van der Waals surface area contributed by atoms with Gasteiger partial charge < -0.3 is 20.3 Å². The molecule has 0 bridgehead atoms. The lowest BCUT2D eigenvalue weighted by Gasteiger charge is -2.23. The van der Waals surface area contributed by atoms with Crippen molar-refractivity contribution in [2.45, 2.75) is 244 Å². The Morgan fingerprint density at radius 2 is 0.836 bits per heavy atom. The molecule has 380 valence electrons. The largest absolute Gasteiger partial charge is 0.458 e. The van der Waals surface area contributed by atoms with Crippen molar-refractivity contribution < 1.29 is 24.5 Å². The summed E-state index contributed by atoms with van der Waals surface area (Å²) in [6.45, 7) is 6.29. The molecular weight excluding hydrogens is 827 g/mol. The number of hydrogen-bond donors (Lipinski definition) is 3. The highest BCUT2D eigenvalue weighted by Crippen LogP contribution is 2.15. The molecule has 3 atom stereocenters. The zero-order chi connectivity index (χ0) is 48.8. The minimum absolute atomic E-state index is 0.0677. The van der Waals surface area contributed by atoms with Crippen LogP contribution in [0.15, 0.2) is 122 Å². The number of aliphatic hydroxyl groups excluding tert-OH is 2. The van der Waals surface area contributed by atoms with Crippen LogP contribution < -0.4 is 5.32 Å². The van der Waals surface area contributed by atoms with E-state index in [9.17, 15) is 19.8 Å². The van der Waals surface area contributed by atoms with Crippen molar-refractivity contribution >= 4 is 11.9 Å². The quantitative estimate of drug-likeness (QED) is 0.0321. The molecule has 0 aromatic heterocycles. The number of rotatable bonds is 47. The van der Waals surface area contributed by atoms with Crippen molar-refractivity contribution in [1.82, 2.24) is 5.32 Å². The van der Waals surface area contributed by atoms with Crippen LogP contribution in [-0.4, -0.2) is 46.9 Å². The highest BCUT2D eigenvalue weighted by molar-refractivity contribution is 5.78. The summed E-state index contributed by atoms with van der Waals surface area (Å²) in [7, 11) is 0. The van der Waals surface area contributed by atoms with Gasteiger partial charge in [-0.25, -0.2) is 0 Å². The fourth-order valence-electron chi connectivity index (χ4n) is 7.41. The molecule has 0 saturated carbocycles. The molecule has 0 fully saturated rings. The smallest absolute Gasteiger partial charge is 0.306 e.